The molecule has 3 aromatic rings. The summed E-state index contributed by atoms with van der Waals surface area (Å²) in [4.78, 5) is 4.43. The smallest absolute Gasteiger partial charge is 0.202 e. The molecule has 3 rings (SSSR count). The molecule has 104 valence electrons. The van der Waals surface area contributed by atoms with Crippen molar-refractivity contribution in [2.45, 2.75) is 12.6 Å². The van der Waals surface area contributed by atoms with Crippen LogP contribution in [-0.4, -0.2) is 12.0 Å². The molecule has 0 aliphatic rings. The summed E-state index contributed by atoms with van der Waals surface area (Å²) in [6.07, 6.45) is 1.97. The lowest BCUT2D eigenvalue weighted by Gasteiger charge is -2.19. The van der Waals surface area contributed by atoms with Crippen LogP contribution in [0.25, 0.3) is 10.9 Å². The average Bonchev–Trinajstić information content (AvgIpc) is 2.93. The molecule has 3 heteroatoms. The molecular formula is C18H18N3+. The maximum absolute atomic E-state index is 9.62. The van der Waals surface area contributed by atoms with E-state index in [1.165, 1.54) is 10.5 Å². The number of hydrogen-bond donors (Lipinski definition) is 2. The van der Waals surface area contributed by atoms with Gasteiger partial charge >= 0.3 is 0 Å². The van der Waals surface area contributed by atoms with Gasteiger partial charge in [-0.25, -0.2) is 0 Å². The molecule has 21 heavy (non-hydrogen) atoms. The third kappa shape index (κ3) is 2.67. The van der Waals surface area contributed by atoms with E-state index in [9.17, 15) is 5.26 Å². The van der Waals surface area contributed by atoms with Gasteiger partial charge in [0.25, 0.3) is 0 Å². The fourth-order valence-electron chi connectivity index (χ4n) is 2.80. The first-order valence-corrected chi connectivity index (χ1v) is 7.11. The summed E-state index contributed by atoms with van der Waals surface area (Å²) in [7, 11) is 2.07. The van der Waals surface area contributed by atoms with Gasteiger partial charge in [-0.05, 0) is 6.07 Å². The Morgan fingerprint density at radius 1 is 1.10 bits per heavy atom. The van der Waals surface area contributed by atoms with Gasteiger partial charge in [0, 0.05) is 28.2 Å². The molecule has 0 spiro atoms. The molecule has 0 saturated heterocycles. The molecule has 0 radical (unpaired) electrons. The maximum atomic E-state index is 9.62. The Labute approximate surface area is 124 Å². The van der Waals surface area contributed by atoms with Crippen molar-refractivity contribution < 1.29 is 4.90 Å². The van der Waals surface area contributed by atoms with Crippen LogP contribution in [0.15, 0.2) is 60.8 Å². The Morgan fingerprint density at radius 2 is 1.81 bits per heavy atom. The van der Waals surface area contributed by atoms with E-state index in [4.69, 9.17) is 0 Å². The molecule has 3 nitrogen and oxygen atoms in total. The molecule has 1 heterocycles. The highest BCUT2D eigenvalue weighted by Gasteiger charge is 2.23. The molecule has 1 unspecified atom stereocenters. The lowest BCUT2D eigenvalue weighted by atomic mass is 10.1. The minimum atomic E-state index is -0.179. The largest absolute Gasteiger partial charge is 0.361 e. The van der Waals surface area contributed by atoms with Gasteiger partial charge in [0.2, 0.25) is 6.04 Å². The molecule has 2 atom stereocenters. The molecule has 0 aliphatic carbocycles. The molecule has 0 bridgehead atoms. The quantitative estimate of drug-likeness (QED) is 0.755. The van der Waals surface area contributed by atoms with Crippen molar-refractivity contribution in [1.82, 2.24) is 4.98 Å². The Kier molecular flexibility index (Phi) is 3.72. The van der Waals surface area contributed by atoms with Crippen LogP contribution in [0.3, 0.4) is 0 Å². The van der Waals surface area contributed by atoms with E-state index >= 15 is 0 Å². The summed E-state index contributed by atoms with van der Waals surface area (Å²) < 4.78 is 0. The molecule has 2 aromatic carbocycles. The Balaban J connectivity index is 1.90. The minimum absolute atomic E-state index is 0.179. The van der Waals surface area contributed by atoms with Gasteiger partial charge in [0.1, 0.15) is 12.6 Å². The number of nitrogens with one attached hydrogen (secondary N) is 2. The minimum Gasteiger partial charge on any atom is -0.361 e. The molecule has 2 N–H and O–H groups in total. The SMILES string of the molecule is C[NH+](Cc1ccccc1)[C@H](C#N)c1c[nH]c2ccccc12. The number of rotatable bonds is 4. The monoisotopic (exact) mass is 276 g/mol. The van der Waals surface area contributed by atoms with Crippen LogP contribution in [0.5, 0.6) is 0 Å². The van der Waals surface area contributed by atoms with Gasteiger partial charge in [-0.2, -0.15) is 5.26 Å². The molecule has 0 saturated carbocycles. The van der Waals surface area contributed by atoms with Gasteiger partial charge in [0.05, 0.1) is 7.05 Å². The second-order valence-electron chi connectivity index (χ2n) is 5.36. The standard InChI is InChI=1S/C18H17N3/c1-21(13-14-7-3-2-4-8-14)18(11-19)16-12-20-17-10-6-5-9-15(16)17/h2-10,12,18,20H,13H2,1H3/p+1/t18-/m1/s1. The van der Waals surface area contributed by atoms with Gasteiger partial charge < -0.3 is 9.88 Å². The zero-order chi connectivity index (χ0) is 14.7. The van der Waals surface area contributed by atoms with Crippen molar-refractivity contribution in [3.8, 4) is 6.07 Å². The van der Waals surface area contributed by atoms with Gasteiger partial charge in [-0.3, -0.25) is 0 Å². The number of quaternary nitrogens is 1. The van der Waals surface area contributed by atoms with Crippen LogP contribution >= 0.6 is 0 Å². The summed E-state index contributed by atoms with van der Waals surface area (Å²) in [6, 6.07) is 20.7. The second-order valence-corrected chi connectivity index (χ2v) is 5.36. The molecule has 0 aliphatic heterocycles. The number of hydrogen-bond acceptors (Lipinski definition) is 1. The lowest BCUT2D eigenvalue weighted by Crippen LogP contribution is -3.07. The van der Waals surface area contributed by atoms with Crippen LogP contribution < -0.4 is 4.90 Å². The van der Waals surface area contributed by atoms with E-state index in [0.717, 1.165) is 23.0 Å². The average molecular weight is 276 g/mol. The van der Waals surface area contributed by atoms with Crippen molar-refractivity contribution in [3.63, 3.8) is 0 Å². The van der Waals surface area contributed by atoms with Gasteiger partial charge in [-0.15, -0.1) is 0 Å². The fraction of sp³-hybridized carbons (Fsp3) is 0.167. The van der Waals surface area contributed by atoms with E-state index in [-0.39, 0.29) is 6.04 Å². The highest BCUT2D eigenvalue weighted by Crippen LogP contribution is 2.22. The van der Waals surface area contributed by atoms with Crippen LogP contribution in [0.4, 0.5) is 0 Å². The highest BCUT2D eigenvalue weighted by atomic mass is 15.1. The molecule has 0 fully saturated rings. The first-order valence-electron chi connectivity index (χ1n) is 7.11. The Bertz CT molecular complexity index is 768. The summed E-state index contributed by atoms with van der Waals surface area (Å²) >= 11 is 0. The van der Waals surface area contributed by atoms with Crippen molar-refractivity contribution >= 4 is 10.9 Å². The van der Waals surface area contributed by atoms with Crippen LogP contribution in [0, 0.1) is 11.3 Å². The van der Waals surface area contributed by atoms with Crippen molar-refractivity contribution in [1.29, 1.82) is 5.26 Å². The third-order valence-electron chi connectivity index (χ3n) is 3.88. The Hall–Kier alpha value is -2.57. The number of aromatic nitrogens is 1. The van der Waals surface area contributed by atoms with E-state index in [1.54, 1.807) is 0 Å². The van der Waals surface area contributed by atoms with E-state index in [0.29, 0.717) is 0 Å². The van der Waals surface area contributed by atoms with Gasteiger partial charge in [0.15, 0.2) is 0 Å². The zero-order valence-electron chi connectivity index (χ0n) is 12.0. The van der Waals surface area contributed by atoms with E-state index in [2.05, 4.69) is 36.3 Å². The number of para-hydroxylation sites is 1. The number of nitriles is 1. The normalized spacial score (nSPS) is 13.7. The van der Waals surface area contributed by atoms with Crippen LogP contribution in [0.2, 0.25) is 0 Å². The zero-order valence-corrected chi connectivity index (χ0v) is 12.0. The molecular weight excluding hydrogens is 258 g/mol. The fourth-order valence-corrected chi connectivity index (χ4v) is 2.80. The van der Waals surface area contributed by atoms with Crippen LogP contribution in [0.1, 0.15) is 17.2 Å². The number of benzene rings is 2. The number of fused-ring (bicyclic) bond motifs is 1. The predicted octanol–water partition coefficient (Wildman–Crippen LogP) is 2.45. The summed E-state index contributed by atoms with van der Waals surface area (Å²) in [5.41, 5.74) is 3.40. The Morgan fingerprint density at radius 3 is 2.57 bits per heavy atom. The lowest BCUT2D eigenvalue weighted by molar-refractivity contribution is -0.917. The van der Waals surface area contributed by atoms with Crippen LogP contribution in [-0.2, 0) is 6.54 Å². The summed E-state index contributed by atoms with van der Waals surface area (Å²) in [6.45, 7) is 0.832. The van der Waals surface area contributed by atoms with Gasteiger partial charge in [-0.1, -0.05) is 48.5 Å². The number of H-pyrrole nitrogens is 1. The van der Waals surface area contributed by atoms with Crippen molar-refractivity contribution in [2.75, 3.05) is 7.05 Å². The predicted molar refractivity (Wildman–Crippen MR) is 83.7 cm³/mol. The topological polar surface area (TPSA) is 44.0 Å². The first kappa shape index (κ1) is 13.4. The highest BCUT2D eigenvalue weighted by molar-refractivity contribution is 5.83. The molecule has 1 aromatic heterocycles. The van der Waals surface area contributed by atoms with Crippen molar-refractivity contribution in [2.24, 2.45) is 0 Å². The van der Waals surface area contributed by atoms with Crippen molar-refractivity contribution in [3.05, 3.63) is 71.9 Å². The first-order chi connectivity index (χ1) is 10.3. The number of aromatic amines is 1. The summed E-state index contributed by atoms with van der Waals surface area (Å²) in [5.74, 6) is 0. The van der Waals surface area contributed by atoms with E-state index < -0.39 is 0 Å². The number of nitrogens with zero attached hydrogens (tertiary/aromatic N) is 1. The second kappa shape index (κ2) is 5.82. The third-order valence-corrected chi connectivity index (χ3v) is 3.88. The molecule has 0 amide bonds. The van der Waals surface area contributed by atoms with E-state index in [1.807, 2.05) is 42.6 Å². The summed E-state index contributed by atoms with van der Waals surface area (Å²) in [5, 5.41) is 10.8. The maximum Gasteiger partial charge on any atom is 0.202 e.